The molecule has 1 aromatic carbocycles. The molecule has 5 nitrogen and oxygen atoms in total. The van der Waals surface area contributed by atoms with Crippen molar-refractivity contribution in [3.8, 4) is 5.69 Å². The van der Waals surface area contributed by atoms with Gasteiger partial charge in [-0.25, -0.2) is 0 Å². The predicted octanol–water partition coefficient (Wildman–Crippen LogP) is 1.60. The Morgan fingerprint density at radius 2 is 1.62 bits per heavy atom. The van der Waals surface area contributed by atoms with E-state index in [1.165, 1.54) is 45.2 Å². The molecule has 112 valence electrons. The number of rotatable bonds is 3. The summed E-state index contributed by atoms with van der Waals surface area (Å²) in [4.78, 5) is 1.56. The molecule has 6 heteroatoms. The van der Waals surface area contributed by atoms with Gasteiger partial charge in [0.2, 0.25) is 4.77 Å². The SMILES string of the molecule is S=c1n(C[NH+]2CCCCCCC2)nnn1-c1ccccc1. The van der Waals surface area contributed by atoms with E-state index in [1.807, 2.05) is 35.0 Å². The molecular weight excluding hydrogens is 282 g/mol. The highest BCUT2D eigenvalue weighted by atomic mass is 32.1. The zero-order valence-corrected chi connectivity index (χ0v) is 13.1. The lowest BCUT2D eigenvalue weighted by Crippen LogP contribution is -3.11. The molecule has 0 amide bonds. The van der Waals surface area contributed by atoms with E-state index in [0.29, 0.717) is 4.77 Å². The van der Waals surface area contributed by atoms with Gasteiger partial charge in [-0.2, -0.15) is 9.36 Å². The Bertz CT molecular complexity index is 610. The van der Waals surface area contributed by atoms with E-state index >= 15 is 0 Å². The van der Waals surface area contributed by atoms with Crippen LogP contribution in [0.5, 0.6) is 0 Å². The first kappa shape index (κ1) is 14.4. The van der Waals surface area contributed by atoms with Crippen LogP contribution in [-0.2, 0) is 6.67 Å². The van der Waals surface area contributed by atoms with Gasteiger partial charge in [0.15, 0.2) is 6.67 Å². The number of likely N-dealkylation sites (tertiary alicyclic amines) is 1. The van der Waals surface area contributed by atoms with E-state index < -0.39 is 0 Å². The molecule has 1 aliphatic rings. The second-order valence-electron chi connectivity index (χ2n) is 5.68. The first-order valence-electron chi connectivity index (χ1n) is 7.76. The summed E-state index contributed by atoms with van der Waals surface area (Å²) in [5, 5.41) is 8.45. The molecule has 1 N–H and O–H groups in total. The van der Waals surface area contributed by atoms with Crippen LogP contribution in [0.25, 0.3) is 5.69 Å². The van der Waals surface area contributed by atoms with Crippen molar-refractivity contribution in [2.45, 2.75) is 38.8 Å². The van der Waals surface area contributed by atoms with Crippen LogP contribution in [0, 0.1) is 4.77 Å². The van der Waals surface area contributed by atoms with E-state index in [-0.39, 0.29) is 0 Å². The van der Waals surface area contributed by atoms with Gasteiger partial charge in [0, 0.05) is 0 Å². The third kappa shape index (κ3) is 3.57. The second-order valence-corrected chi connectivity index (χ2v) is 6.05. The van der Waals surface area contributed by atoms with Crippen LogP contribution in [0.4, 0.5) is 0 Å². The maximum atomic E-state index is 5.52. The van der Waals surface area contributed by atoms with Crippen LogP contribution in [0.3, 0.4) is 0 Å². The van der Waals surface area contributed by atoms with Gasteiger partial charge in [0.1, 0.15) is 0 Å². The summed E-state index contributed by atoms with van der Waals surface area (Å²) in [7, 11) is 0. The van der Waals surface area contributed by atoms with Crippen LogP contribution in [-0.4, -0.2) is 32.9 Å². The Labute approximate surface area is 130 Å². The molecule has 0 saturated carbocycles. The fourth-order valence-electron chi connectivity index (χ4n) is 2.88. The van der Waals surface area contributed by atoms with Crippen molar-refractivity contribution in [2.24, 2.45) is 0 Å². The number of benzene rings is 1. The molecule has 0 aliphatic carbocycles. The lowest BCUT2D eigenvalue weighted by Gasteiger charge is -2.20. The molecule has 0 spiro atoms. The molecule has 0 radical (unpaired) electrons. The highest BCUT2D eigenvalue weighted by Crippen LogP contribution is 2.05. The minimum atomic E-state index is 0.677. The number of tetrazole rings is 1. The van der Waals surface area contributed by atoms with E-state index in [1.54, 1.807) is 9.58 Å². The number of para-hydroxylation sites is 1. The number of hydrogen-bond acceptors (Lipinski definition) is 3. The summed E-state index contributed by atoms with van der Waals surface area (Å²) in [5.41, 5.74) is 0.969. The summed E-state index contributed by atoms with van der Waals surface area (Å²) in [6, 6.07) is 9.96. The van der Waals surface area contributed by atoms with Crippen molar-refractivity contribution in [1.82, 2.24) is 19.8 Å². The Morgan fingerprint density at radius 3 is 2.33 bits per heavy atom. The molecule has 3 rings (SSSR count). The number of aromatic nitrogens is 4. The standard InChI is InChI=1S/C15H21N5S/c21-15-19(13-18-11-7-2-1-3-8-12-18)16-17-20(15)14-9-5-4-6-10-14/h4-6,9-10H,1-3,7-8,11-13H2/p+1. The highest BCUT2D eigenvalue weighted by molar-refractivity contribution is 7.71. The van der Waals surface area contributed by atoms with Crippen molar-refractivity contribution in [2.75, 3.05) is 13.1 Å². The Hall–Kier alpha value is -1.53. The number of nitrogens with zero attached hydrogens (tertiary/aromatic N) is 4. The second kappa shape index (κ2) is 6.95. The molecular formula is C15H22N5S+. The van der Waals surface area contributed by atoms with Crippen LogP contribution in [0.1, 0.15) is 32.1 Å². The normalized spacial score (nSPS) is 17.3. The maximum absolute atomic E-state index is 5.52. The monoisotopic (exact) mass is 304 g/mol. The fraction of sp³-hybridized carbons (Fsp3) is 0.533. The van der Waals surface area contributed by atoms with Crippen molar-refractivity contribution in [3.05, 3.63) is 35.1 Å². The molecule has 1 fully saturated rings. The van der Waals surface area contributed by atoms with Crippen LogP contribution in [0.15, 0.2) is 30.3 Å². The maximum Gasteiger partial charge on any atom is 0.225 e. The van der Waals surface area contributed by atoms with Gasteiger partial charge in [0.05, 0.1) is 18.8 Å². The minimum absolute atomic E-state index is 0.677. The lowest BCUT2D eigenvalue weighted by molar-refractivity contribution is -0.924. The average molecular weight is 304 g/mol. The van der Waals surface area contributed by atoms with Crippen molar-refractivity contribution in [3.63, 3.8) is 0 Å². The molecule has 21 heavy (non-hydrogen) atoms. The fourth-order valence-corrected chi connectivity index (χ4v) is 3.12. The third-order valence-corrected chi connectivity index (χ3v) is 4.46. The predicted molar refractivity (Wildman–Crippen MR) is 84.0 cm³/mol. The molecule has 1 aliphatic heterocycles. The summed E-state index contributed by atoms with van der Waals surface area (Å²) in [6.45, 7) is 3.24. The first-order chi connectivity index (χ1) is 10.3. The van der Waals surface area contributed by atoms with Gasteiger partial charge >= 0.3 is 0 Å². The summed E-state index contributed by atoms with van der Waals surface area (Å²) in [6.07, 6.45) is 6.69. The minimum Gasteiger partial charge on any atom is -0.316 e. The topological polar surface area (TPSA) is 40.1 Å². The van der Waals surface area contributed by atoms with Crippen molar-refractivity contribution in [1.29, 1.82) is 0 Å². The van der Waals surface area contributed by atoms with Gasteiger partial charge in [-0.15, -0.1) is 0 Å². The summed E-state index contributed by atoms with van der Waals surface area (Å²) in [5.74, 6) is 0. The molecule has 2 heterocycles. The van der Waals surface area contributed by atoms with E-state index in [9.17, 15) is 0 Å². The van der Waals surface area contributed by atoms with Gasteiger partial charge < -0.3 is 4.90 Å². The summed E-state index contributed by atoms with van der Waals surface area (Å²) >= 11 is 5.52. The Balaban J connectivity index is 1.74. The molecule has 1 saturated heterocycles. The molecule has 2 aromatic rings. The highest BCUT2D eigenvalue weighted by Gasteiger charge is 2.14. The molecule has 0 atom stereocenters. The first-order valence-corrected chi connectivity index (χ1v) is 8.17. The zero-order valence-electron chi connectivity index (χ0n) is 12.2. The number of nitrogens with one attached hydrogen (secondary N) is 1. The van der Waals surface area contributed by atoms with E-state index in [0.717, 1.165) is 12.4 Å². The largest absolute Gasteiger partial charge is 0.316 e. The average Bonchev–Trinajstić information content (AvgIpc) is 2.84. The Kier molecular flexibility index (Phi) is 4.77. The van der Waals surface area contributed by atoms with Crippen LogP contribution in [0.2, 0.25) is 0 Å². The van der Waals surface area contributed by atoms with Gasteiger partial charge in [-0.05, 0) is 60.5 Å². The molecule has 1 aromatic heterocycles. The summed E-state index contributed by atoms with van der Waals surface area (Å²) < 4.78 is 4.27. The third-order valence-electron chi connectivity index (χ3n) is 4.07. The number of hydrogen-bond donors (Lipinski definition) is 1. The van der Waals surface area contributed by atoms with Gasteiger partial charge in [0.25, 0.3) is 0 Å². The zero-order chi connectivity index (χ0) is 14.5. The van der Waals surface area contributed by atoms with Crippen molar-refractivity contribution < 1.29 is 4.90 Å². The number of quaternary nitrogens is 1. The van der Waals surface area contributed by atoms with Gasteiger partial charge in [-0.3, -0.25) is 0 Å². The Morgan fingerprint density at radius 1 is 0.952 bits per heavy atom. The molecule has 0 unspecified atom stereocenters. The molecule has 0 bridgehead atoms. The van der Waals surface area contributed by atoms with Crippen molar-refractivity contribution >= 4 is 12.2 Å². The lowest BCUT2D eigenvalue weighted by atomic mass is 10.1. The smallest absolute Gasteiger partial charge is 0.225 e. The van der Waals surface area contributed by atoms with Crippen LogP contribution < -0.4 is 4.90 Å². The van der Waals surface area contributed by atoms with E-state index in [4.69, 9.17) is 12.2 Å². The van der Waals surface area contributed by atoms with Crippen LogP contribution >= 0.6 is 12.2 Å². The van der Waals surface area contributed by atoms with E-state index in [2.05, 4.69) is 10.4 Å². The quantitative estimate of drug-likeness (QED) is 0.876. The van der Waals surface area contributed by atoms with Gasteiger partial charge in [-0.1, -0.05) is 24.6 Å².